The van der Waals surface area contributed by atoms with Crippen molar-refractivity contribution in [3.05, 3.63) is 41.1 Å². The monoisotopic (exact) mass is 248 g/mol. The second-order valence-corrected chi connectivity index (χ2v) is 5.03. The van der Waals surface area contributed by atoms with Crippen LogP contribution in [0.15, 0.2) is 30.3 Å². The molecule has 0 heterocycles. The van der Waals surface area contributed by atoms with E-state index in [0.29, 0.717) is 0 Å². The van der Waals surface area contributed by atoms with Gasteiger partial charge in [-0.3, -0.25) is 0 Å². The van der Waals surface area contributed by atoms with Gasteiger partial charge in [0.25, 0.3) is 0 Å². The minimum absolute atomic E-state index is 0.0253. The standard InChI is InChI=1S/C16H26NO/c1-3-4-5-6-7-11-14-16(17(2)18)15-12-9-8-10-13-15/h8-10,12-13,16H,3-7,11,14H2,1-2H3/q-1. The third-order valence-electron chi connectivity index (χ3n) is 3.45. The van der Waals surface area contributed by atoms with Crippen LogP contribution >= 0.6 is 0 Å². The second-order valence-electron chi connectivity index (χ2n) is 5.03. The topological polar surface area (TPSA) is 26.3 Å². The van der Waals surface area contributed by atoms with E-state index in [1.165, 1.54) is 32.1 Å². The van der Waals surface area contributed by atoms with Gasteiger partial charge in [0.2, 0.25) is 0 Å². The second kappa shape index (κ2) is 9.12. The van der Waals surface area contributed by atoms with Gasteiger partial charge < -0.3 is 10.3 Å². The quantitative estimate of drug-likeness (QED) is 0.458. The fourth-order valence-electron chi connectivity index (χ4n) is 2.35. The smallest absolute Gasteiger partial charge is 0.0229 e. The normalized spacial score (nSPS) is 12.9. The molecule has 1 unspecified atom stereocenters. The van der Waals surface area contributed by atoms with Crippen molar-refractivity contribution in [1.82, 2.24) is 5.06 Å². The van der Waals surface area contributed by atoms with Crippen LogP contribution in [0.5, 0.6) is 0 Å². The van der Waals surface area contributed by atoms with E-state index in [2.05, 4.69) is 19.1 Å². The summed E-state index contributed by atoms with van der Waals surface area (Å²) in [7, 11) is 1.63. The number of hydrogen-bond acceptors (Lipinski definition) is 2. The summed E-state index contributed by atoms with van der Waals surface area (Å²) in [5.74, 6) is 0. The van der Waals surface area contributed by atoms with Gasteiger partial charge >= 0.3 is 0 Å². The van der Waals surface area contributed by atoms with E-state index in [1.807, 2.05) is 18.2 Å². The predicted octanol–water partition coefficient (Wildman–Crippen LogP) is 4.91. The number of unbranched alkanes of at least 4 members (excludes halogenated alkanes) is 5. The lowest BCUT2D eigenvalue weighted by Crippen LogP contribution is -2.18. The highest BCUT2D eigenvalue weighted by Crippen LogP contribution is 2.24. The number of nitrogens with zero attached hydrogens (tertiary/aromatic N) is 1. The molecule has 0 saturated heterocycles. The molecule has 0 saturated carbocycles. The zero-order valence-corrected chi connectivity index (χ0v) is 11.8. The van der Waals surface area contributed by atoms with Crippen LogP contribution in [0.25, 0.3) is 0 Å². The molecule has 0 aromatic heterocycles. The van der Waals surface area contributed by atoms with Gasteiger partial charge in [0.15, 0.2) is 0 Å². The van der Waals surface area contributed by atoms with Crippen molar-refractivity contribution >= 4 is 0 Å². The van der Waals surface area contributed by atoms with E-state index in [9.17, 15) is 5.21 Å². The maximum atomic E-state index is 11.6. The van der Waals surface area contributed by atoms with Gasteiger partial charge in [-0.1, -0.05) is 75.8 Å². The van der Waals surface area contributed by atoms with Crippen LogP contribution in [0.4, 0.5) is 0 Å². The van der Waals surface area contributed by atoms with Gasteiger partial charge in [-0.2, -0.15) is 0 Å². The Hall–Kier alpha value is -0.860. The Morgan fingerprint density at radius 3 is 2.22 bits per heavy atom. The molecule has 2 nitrogen and oxygen atoms in total. The van der Waals surface area contributed by atoms with E-state index in [0.717, 1.165) is 23.5 Å². The molecule has 0 N–H and O–H groups in total. The molecular formula is C16H26NO-. The van der Waals surface area contributed by atoms with Crippen LogP contribution in [-0.2, 0) is 0 Å². The van der Waals surface area contributed by atoms with Crippen LogP contribution in [0.2, 0.25) is 0 Å². The molecule has 0 radical (unpaired) electrons. The van der Waals surface area contributed by atoms with Crippen LogP contribution in [0.1, 0.15) is 63.5 Å². The summed E-state index contributed by atoms with van der Waals surface area (Å²) < 4.78 is 0. The van der Waals surface area contributed by atoms with E-state index in [-0.39, 0.29) is 6.04 Å². The molecule has 0 aliphatic rings. The predicted molar refractivity (Wildman–Crippen MR) is 78.3 cm³/mol. The first kappa shape index (κ1) is 15.2. The Morgan fingerprint density at radius 2 is 1.61 bits per heavy atom. The number of rotatable bonds is 9. The molecule has 0 spiro atoms. The number of hydroxylamine groups is 2. The van der Waals surface area contributed by atoms with Crippen LogP contribution in [0, 0.1) is 5.21 Å². The highest BCUT2D eigenvalue weighted by Gasteiger charge is 2.09. The molecule has 2 heteroatoms. The van der Waals surface area contributed by atoms with Crippen molar-refractivity contribution in [2.45, 2.75) is 57.9 Å². The lowest BCUT2D eigenvalue weighted by molar-refractivity contribution is 0.310. The summed E-state index contributed by atoms with van der Waals surface area (Å²) in [5, 5.41) is 12.7. The zero-order valence-electron chi connectivity index (χ0n) is 11.8. The molecule has 0 aliphatic carbocycles. The van der Waals surface area contributed by atoms with Crippen molar-refractivity contribution in [2.75, 3.05) is 7.05 Å². The molecule has 0 fully saturated rings. The van der Waals surface area contributed by atoms with E-state index in [4.69, 9.17) is 0 Å². The average Bonchev–Trinajstić information content (AvgIpc) is 2.38. The van der Waals surface area contributed by atoms with Gasteiger partial charge in [0.05, 0.1) is 0 Å². The fourth-order valence-corrected chi connectivity index (χ4v) is 2.35. The Labute approximate surface area is 112 Å². The average molecular weight is 248 g/mol. The first-order chi connectivity index (χ1) is 8.75. The summed E-state index contributed by atoms with van der Waals surface area (Å²) in [5.41, 5.74) is 1.14. The third-order valence-corrected chi connectivity index (χ3v) is 3.45. The van der Waals surface area contributed by atoms with Gasteiger partial charge in [-0.15, -0.1) is 0 Å². The first-order valence-electron chi connectivity index (χ1n) is 7.20. The lowest BCUT2D eigenvalue weighted by atomic mass is 9.99. The van der Waals surface area contributed by atoms with Crippen LogP contribution in [-0.4, -0.2) is 12.1 Å². The van der Waals surface area contributed by atoms with Crippen LogP contribution in [0.3, 0.4) is 0 Å². The van der Waals surface area contributed by atoms with Crippen molar-refractivity contribution in [2.24, 2.45) is 0 Å². The van der Waals surface area contributed by atoms with E-state index >= 15 is 0 Å². The molecule has 1 aromatic carbocycles. The molecule has 102 valence electrons. The minimum atomic E-state index is 0.0253. The first-order valence-corrected chi connectivity index (χ1v) is 7.20. The summed E-state index contributed by atoms with van der Waals surface area (Å²) in [4.78, 5) is 0. The SMILES string of the molecule is CCCCCCCCC(c1ccccc1)N(C)[O-]. The van der Waals surface area contributed by atoms with Gasteiger partial charge in [-0.05, 0) is 19.0 Å². The Kier molecular flexibility index (Phi) is 7.70. The van der Waals surface area contributed by atoms with E-state index in [1.54, 1.807) is 7.05 Å². The third kappa shape index (κ3) is 5.65. The van der Waals surface area contributed by atoms with Crippen LogP contribution < -0.4 is 0 Å². The van der Waals surface area contributed by atoms with Gasteiger partial charge in [-0.25, -0.2) is 0 Å². The largest absolute Gasteiger partial charge is 0.785 e. The fraction of sp³-hybridized carbons (Fsp3) is 0.625. The highest BCUT2D eigenvalue weighted by atomic mass is 16.5. The van der Waals surface area contributed by atoms with Crippen molar-refractivity contribution in [3.63, 3.8) is 0 Å². The Bertz CT molecular complexity index is 297. The minimum Gasteiger partial charge on any atom is -0.785 e. The number of benzene rings is 1. The molecule has 1 aromatic rings. The number of hydrogen-bond donors (Lipinski definition) is 0. The molecule has 0 aliphatic heterocycles. The molecule has 0 bridgehead atoms. The van der Waals surface area contributed by atoms with Crippen molar-refractivity contribution in [3.8, 4) is 0 Å². The van der Waals surface area contributed by atoms with Gasteiger partial charge in [0.1, 0.15) is 0 Å². The van der Waals surface area contributed by atoms with E-state index < -0.39 is 0 Å². The molecule has 1 atom stereocenters. The summed E-state index contributed by atoms with van der Waals surface area (Å²) in [6.07, 6.45) is 8.63. The molecule has 1 rings (SSSR count). The lowest BCUT2D eigenvalue weighted by Gasteiger charge is -2.33. The molecule has 0 amide bonds. The van der Waals surface area contributed by atoms with Crippen molar-refractivity contribution < 1.29 is 0 Å². The maximum absolute atomic E-state index is 11.6. The summed E-state index contributed by atoms with van der Waals surface area (Å²) in [6.45, 7) is 2.23. The van der Waals surface area contributed by atoms with Crippen molar-refractivity contribution in [1.29, 1.82) is 0 Å². The zero-order chi connectivity index (χ0) is 13.2. The Morgan fingerprint density at radius 1 is 1.00 bits per heavy atom. The summed E-state index contributed by atoms with van der Waals surface area (Å²) in [6, 6.07) is 10.1. The molecule has 18 heavy (non-hydrogen) atoms. The highest BCUT2D eigenvalue weighted by molar-refractivity contribution is 5.18. The Balaban J connectivity index is 2.31. The maximum Gasteiger partial charge on any atom is 0.0229 e. The van der Waals surface area contributed by atoms with Gasteiger partial charge in [0, 0.05) is 6.04 Å². The molecular weight excluding hydrogens is 222 g/mol. The summed E-state index contributed by atoms with van der Waals surface area (Å²) >= 11 is 0.